The monoisotopic (exact) mass is 246 g/mol. The van der Waals surface area contributed by atoms with Gasteiger partial charge in [0.1, 0.15) is 5.37 Å². The number of nitrogens with zero attached hydrogens (tertiary/aromatic N) is 2. The van der Waals surface area contributed by atoms with Crippen molar-refractivity contribution in [3.05, 3.63) is 35.4 Å². The lowest BCUT2D eigenvalue weighted by atomic mass is 10.1. The zero-order valence-electron chi connectivity index (χ0n) is 9.72. The molecule has 0 aliphatic carbocycles. The summed E-state index contributed by atoms with van der Waals surface area (Å²) in [6.45, 7) is 2.59. The minimum atomic E-state index is 0.0806. The molecule has 1 unspecified atom stereocenters. The Morgan fingerprint density at radius 2 is 2.29 bits per heavy atom. The molecule has 0 saturated carbocycles. The highest BCUT2D eigenvalue weighted by Gasteiger charge is 2.32. The fourth-order valence-electron chi connectivity index (χ4n) is 1.99. The lowest BCUT2D eigenvalue weighted by molar-refractivity contribution is -0.127. The Morgan fingerprint density at radius 3 is 3.00 bits per heavy atom. The number of carbonyl (C=O) groups is 1. The second-order valence-electron chi connectivity index (χ2n) is 4.02. The number of aryl methyl sites for hydroxylation is 1. The van der Waals surface area contributed by atoms with Gasteiger partial charge < -0.3 is 4.90 Å². The summed E-state index contributed by atoms with van der Waals surface area (Å²) in [5.41, 5.74) is 2.38. The summed E-state index contributed by atoms with van der Waals surface area (Å²) in [5.74, 6) is 0.656. The first-order valence-corrected chi connectivity index (χ1v) is 6.62. The van der Waals surface area contributed by atoms with Crippen LogP contribution in [0.1, 0.15) is 22.9 Å². The van der Waals surface area contributed by atoms with E-state index in [1.54, 1.807) is 11.8 Å². The molecule has 1 aromatic carbocycles. The van der Waals surface area contributed by atoms with Crippen LogP contribution in [-0.4, -0.2) is 23.1 Å². The molecule has 4 heteroatoms. The van der Waals surface area contributed by atoms with Crippen LogP contribution < -0.4 is 0 Å². The lowest BCUT2D eigenvalue weighted by Crippen LogP contribution is -2.29. The van der Waals surface area contributed by atoms with E-state index in [-0.39, 0.29) is 11.3 Å². The van der Waals surface area contributed by atoms with Crippen LogP contribution in [0.3, 0.4) is 0 Å². The number of amides is 1. The number of hydrogen-bond acceptors (Lipinski definition) is 3. The molecule has 3 nitrogen and oxygen atoms in total. The molecule has 88 valence electrons. The third-order valence-electron chi connectivity index (χ3n) is 2.89. The number of nitriles is 1. The van der Waals surface area contributed by atoms with E-state index in [0.717, 1.165) is 0 Å². The van der Waals surface area contributed by atoms with Crippen molar-refractivity contribution in [3.63, 3.8) is 0 Å². The fraction of sp³-hybridized carbons (Fsp3) is 0.385. The quantitative estimate of drug-likeness (QED) is 0.823. The molecule has 17 heavy (non-hydrogen) atoms. The summed E-state index contributed by atoms with van der Waals surface area (Å²) < 4.78 is 0. The van der Waals surface area contributed by atoms with Gasteiger partial charge in [-0.25, -0.2) is 0 Å². The van der Waals surface area contributed by atoms with E-state index in [0.29, 0.717) is 18.7 Å². The van der Waals surface area contributed by atoms with E-state index in [1.807, 2.05) is 17.0 Å². The third kappa shape index (κ3) is 2.45. The first-order chi connectivity index (χ1) is 8.24. The first-order valence-electron chi connectivity index (χ1n) is 5.57. The maximum absolute atomic E-state index is 11.8. The highest BCUT2D eigenvalue weighted by molar-refractivity contribution is 8.00. The van der Waals surface area contributed by atoms with Gasteiger partial charge in [0.05, 0.1) is 18.2 Å². The number of benzene rings is 1. The Labute approximate surface area is 105 Å². The molecular formula is C13H14N2OS. The fourth-order valence-corrected chi connectivity index (χ4v) is 3.30. The molecule has 0 aromatic heterocycles. The molecule has 1 saturated heterocycles. The molecule has 0 N–H and O–H groups in total. The van der Waals surface area contributed by atoms with Crippen LogP contribution in [0.25, 0.3) is 0 Å². The summed E-state index contributed by atoms with van der Waals surface area (Å²) >= 11 is 1.64. The van der Waals surface area contributed by atoms with Gasteiger partial charge >= 0.3 is 0 Å². The Hall–Kier alpha value is -1.47. The molecule has 0 radical (unpaired) electrons. The largest absolute Gasteiger partial charge is 0.325 e. The van der Waals surface area contributed by atoms with Gasteiger partial charge in [-0.1, -0.05) is 24.3 Å². The van der Waals surface area contributed by atoms with Crippen molar-refractivity contribution in [1.29, 1.82) is 5.26 Å². The average molecular weight is 246 g/mol. The van der Waals surface area contributed by atoms with Crippen molar-refractivity contribution in [2.75, 3.05) is 12.3 Å². The van der Waals surface area contributed by atoms with E-state index in [2.05, 4.69) is 25.1 Å². The molecule has 1 aromatic rings. The van der Waals surface area contributed by atoms with E-state index in [1.165, 1.54) is 11.1 Å². The standard InChI is InChI=1S/C13H14N2OS/c1-10-5-2-3-6-11(10)13-15(8-4-7-14)12(16)9-17-13/h2-3,5-6,13H,4,8-9H2,1H3. The molecule has 1 aliphatic heterocycles. The van der Waals surface area contributed by atoms with Gasteiger partial charge in [0.2, 0.25) is 5.91 Å². The molecular weight excluding hydrogens is 232 g/mol. The van der Waals surface area contributed by atoms with Gasteiger partial charge in [0.15, 0.2) is 0 Å². The minimum Gasteiger partial charge on any atom is -0.325 e. The number of hydrogen-bond donors (Lipinski definition) is 0. The first kappa shape index (κ1) is 12.0. The topological polar surface area (TPSA) is 44.1 Å². The van der Waals surface area contributed by atoms with Gasteiger partial charge in [-0.05, 0) is 18.1 Å². The number of rotatable bonds is 3. The van der Waals surface area contributed by atoms with E-state index in [9.17, 15) is 4.79 Å². The molecule has 1 aliphatic rings. The van der Waals surface area contributed by atoms with Gasteiger partial charge in [0.25, 0.3) is 0 Å². The molecule has 1 fully saturated rings. The smallest absolute Gasteiger partial charge is 0.233 e. The number of thioether (sulfide) groups is 1. The zero-order valence-corrected chi connectivity index (χ0v) is 10.5. The SMILES string of the molecule is Cc1ccccc1C1SCC(=O)N1CCC#N. The normalized spacial score (nSPS) is 19.4. The molecule has 0 spiro atoms. The average Bonchev–Trinajstić information content (AvgIpc) is 2.69. The van der Waals surface area contributed by atoms with Crippen LogP contribution >= 0.6 is 11.8 Å². The Balaban J connectivity index is 2.23. The van der Waals surface area contributed by atoms with Crippen LogP contribution in [0.5, 0.6) is 0 Å². The Bertz CT molecular complexity index is 467. The van der Waals surface area contributed by atoms with Crippen LogP contribution in [0.2, 0.25) is 0 Å². The summed E-state index contributed by atoms with van der Waals surface area (Å²) in [6, 6.07) is 10.2. The highest BCUT2D eigenvalue weighted by Crippen LogP contribution is 2.39. The summed E-state index contributed by atoms with van der Waals surface area (Å²) in [7, 11) is 0. The second kappa shape index (κ2) is 5.24. The van der Waals surface area contributed by atoms with E-state index in [4.69, 9.17) is 5.26 Å². The molecule has 1 amide bonds. The van der Waals surface area contributed by atoms with Crippen molar-refractivity contribution in [2.45, 2.75) is 18.7 Å². The summed E-state index contributed by atoms with van der Waals surface area (Å²) in [5, 5.41) is 8.71. The zero-order chi connectivity index (χ0) is 12.3. The molecule has 1 heterocycles. The third-order valence-corrected chi connectivity index (χ3v) is 4.12. The van der Waals surface area contributed by atoms with Gasteiger partial charge in [-0.2, -0.15) is 5.26 Å². The molecule has 2 rings (SSSR count). The van der Waals surface area contributed by atoms with Crippen LogP contribution in [0, 0.1) is 18.3 Å². The summed E-state index contributed by atoms with van der Waals surface area (Å²) in [4.78, 5) is 13.6. The van der Waals surface area contributed by atoms with Crippen molar-refractivity contribution in [2.24, 2.45) is 0 Å². The molecule has 0 bridgehead atoms. The van der Waals surface area contributed by atoms with Crippen molar-refractivity contribution < 1.29 is 4.79 Å². The maximum Gasteiger partial charge on any atom is 0.233 e. The Kier molecular flexibility index (Phi) is 3.70. The van der Waals surface area contributed by atoms with E-state index >= 15 is 0 Å². The van der Waals surface area contributed by atoms with Crippen LogP contribution in [-0.2, 0) is 4.79 Å². The number of carbonyl (C=O) groups excluding carboxylic acids is 1. The van der Waals surface area contributed by atoms with Gasteiger partial charge in [-0.15, -0.1) is 11.8 Å². The minimum absolute atomic E-state index is 0.0806. The van der Waals surface area contributed by atoms with Crippen molar-refractivity contribution >= 4 is 17.7 Å². The lowest BCUT2D eigenvalue weighted by Gasteiger charge is -2.24. The van der Waals surface area contributed by atoms with Crippen molar-refractivity contribution in [1.82, 2.24) is 4.90 Å². The summed E-state index contributed by atoms with van der Waals surface area (Å²) in [6.07, 6.45) is 0.398. The second-order valence-corrected chi connectivity index (χ2v) is 5.08. The van der Waals surface area contributed by atoms with Crippen LogP contribution in [0.15, 0.2) is 24.3 Å². The molecule has 1 atom stereocenters. The van der Waals surface area contributed by atoms with Gasteiger partial charge in [0, 0.05) is 6.54 Å². The van der Waals surface area contributed by atoms with E-state index < -0.39 is 0 Å². The predicted octanol–water partition coefficient (Wildman–Crippen LogP) is 2.48. The highest BCUT2D eigenvalue weighted by atomic mass is 32.2. The predicted molar refractivity (Wildman–Crippen MR) is 68.3 cm³/mol. The maximum atomic E-state index is 11.8. The van der Waals surface area contributed by atoms with Crippen LogP contribution in [0.4, 0.5) is 0 Å². The van der Waals surface area contributed by atoms with Crippen molar-refractivity contribution in [3.8, 4) is 6.07 Å². The Morgan fingerprint density at radius 1 is 1.53 bits per heavy atom. The van der Waals surface area contributed by atoms with Gasteiger partial charge in [-0.3, -0.25) is 4.79 Å².